The molecule has 0 aliphatic rings. The van der Waals surface area contributed by atoms with Crippen molar-refractivity contribution in [3.05, 3.63) is 24.5 Å². The number of hydrogen-bond acceptors (Lipinski definition) is 3. The number of hydrogen-bond donors (Lipinski definition) is 2. The second-order valence-corrected chi connectivity index (χ2v) is 3.47. The minimum atomic E-state index is 0.247. The Morgan fingerprint density at radius 2 is 2.17 bits per heavy atom. The Labute approximate surface area is 75.9 Å². The summed E-state index contributed by atoms with van der Waals surface area (Å²) < 4.78 is 0. The summed E-state index contributed by atoms with van der Waals surface area (Å²) >= 11 is 1.69. The molecule has 0 aliphatic carbocycles. The lowest BCUT2D eigenvalue weighted by atomic mass is 10.5. The van der Waals surface area contributed by atoms with Crippen molar-refractivity contribution in [3.8, 4) is 0 Å². The van der Waals surface area contributed by atoms with Crippen molar-refractivity contribution < 1.29 is 0 Å². The fourth-order valence-electron chi connectivity index (χ4n) is 0.713. The minimum absolute atomic E-state index is 0.247. The maximum absolute atomic E-state index is 7.01. The third-order valence-corrected chi connectivity index (χ3v) is 2.30. The van der Waals surface area contributed by atoms with E-state index in [4.69, 9.17) is 11.1 Å². The lowest BCUT2D eigenvalue weighted by Crippen LogP contribution is -2.09. The summed E-state index contributed by atoms with van der Waals surface area (Å²) in [6.07, 6.45) is 4.17. The third-order valence-electron chi connectivity index (χ3n) is 1.29. The van der Waals surface area contributed by atoms with E-state index in [0.717, 1.165) is 5.75 Å². The molecule has 4 heteroatoms. The van der Waals surface area contributed by atoms with Crippen molar-refractivity contribution in [2.24, 2.45) is 5.73 Å². The highest BCUT2D eigenvalue weighted by molar-refractivity contribution is 7.99. The van der Waals surface area contributed by atoms with E-state index < -0.39 is 0 Å². The Morgan fingerprint density at radius 1 is 1.50 bits per heavy atom. The van der Waals surface area contributed by atoms with Gasteiger partial charge < -0.3 is 5.73 Å². The number of nitrogens with one attached hydrogen (secondary N) is 1. The van der Waals surface area contributed by atoms with Crippen LogP contribution in [0.25, 0.3) is 0 Å². The zero-order chi connectivity index (χ0) is 8.81. The van der Waals surface area contributed by atoms with E-state index in [2.05, 4.69) is 4.98 Å². The molecule has 0 spiro atoms. The average Bonchev–Trinajstić information content (AvgIpc) is 2.05. The molecule has 0 atom stereocenters. The molecule has 64 valence electrons. The predicted octanol–water partition coefficient (Wildman–Crippen LogP) is 1.50. The molecule has 0 fully saturated rings. The molecule has 1 aromatic heterocycles. The van der Waals surface area contributed by atoms with Crippen molar-refractivity contribution in [2.45, 2.75) is 11.3 Å². The van der Waals surface area contributed by atoms with Crippen LogP contribution in [0.4, 0.5) is 0 Å². The van der Waals surface area contributed by atoms with Crippen LogP contribution in [0.15, 0.2) is 29.4 Å². The number of nitrogens with zero attached hydrogens (tertiary/aromatic N) is 1. The molecule has 12 heavy (non-hydrogen) atoms. The van der Waals surface area contributed by atoms with Crippen LogP contribution in [0.1, 0.15) is 6.42 Å². The molecule has 0 saturated heterocycles. The average molecular weight is 181 g/mol. The van der Waals surface area contributed by atoms with Crippen LogP contribution in [0.5, 0.6) is 0 Å². The number of rotatable bonds is 4. The van der Waals surface area contributed by atoms with E-state index in [9.17, 15) is 0 Å². The molecular formula is C8H11N3S. The largest absolute Gasteiger partial charge is 0.388 e. The Morgan fingerprint density at radius 3 is 2.75 bits per heavy atom. The highest BCUT2D eigenvalue weighted by Crippen LogP contribution is 2.16. The van der Waals surface area contributed by atoms with Gasteiger partial charge in [-0.05, 0) is 12.1 Å². The van der Waals surface area contributed by atoms with E-state index in [1.165, 1.54) is 4.90 Å². The second-order valence-electron chi connectivity index (χ2n) is 2.31. The fraction of sp³-hybridized carbons (Fsp3) is 0.250. The van der Waals surface area contributed by atoms with E-state index in [1.807, 2.05) is 12.1 Å². The van der Waals surface area contributed by atoms with Gasteiger partial charge in [0.25, 0.3) is 0 Å². The molecule has 1 aromatic rings. The van der Waals surface area contributed by atoms with Crippen molar-refractivity contribution in [1.82, 2.24) is 4.98 Å². The minimum Gasteiger partial charge on any atom is -0.388 e. The smallest absolute Gasteiger partial charge is 0.0913 e. The normalized spacial score (nSPS) is 9.67. The summed E-state index contributed by atoms with van der Waals surface area (Å²) in [6.45, 7) is 0. The molecule has 3 N–H and O–H groups in total. The van der Waals surface area contributed by atoms with Gasteiger partial charge in [-0.25, -0.2) is 0 Å². The van der Waals surface area contributed by atoms with E-state index in [1.54, 1.807) is 24.2 Å². The van der Waals surface area contributed by atoms with E-state index in [0.29, 0.717) is 6.42 Å². The number of aromatic nitrogens is 1. The summed E-state index contributed by atoms with van der Waals surface area (Å²) in [5.41, 5.74) is 5.21. The molecule has 3 nitrogen and oxygen atoms in total. The molecule has 0 radical (unpaired) electrons. The summed E-state index contributed by atoms with van der Waals surface area (Å²) in [7, 11) is 0. The molecule has 0 amide bonds. The SMILES string of the molecule is N=C(N)CCSc1ccncc1. The maximum Gasteiger partial charge on any atom is 0.0913 e. The first-order chi connectivity index (χ1) is 5.79. The van der Waals surface area contributed by atoms with E-state index >= 15 is 0 Å². The lowest BCUT2D eigenvalue weighted by Gasteiger charge is -1.98. The third kappa shape index (κ3) is 3.39. The van der Waals surface area contributed by atoms with Crippen LogP contribution >= 0.6 is 11.8 Å². The van der Waals surface area contributed by atoms with Crippen LogP contribution in [-0.2, 0) is 0 Å². The number of pyridine rings is 1. The fourth-order valence-corrected chi connectivity index (χ4v) is 1.59. The predicted molar refractivity (Wildman–Crippen MR) is 51.5 cm³/mol. The first-order valence-electron chi connectivity index (χ1n) is 3.65. The monoisotopic (exact) mass is 181 g/mol. The second kappa shape index (κ2) is 4.77. The Kier molecular flexibility index (Phi) is 3.60. The van der Waals surface area contributed by atoms with Gasteiger partial charge in [0.1, 0.15) is 0 Å². The van der Waals surface area contributed by atoms with Crippen molar-refractivity contribution >= 4 is 17.6 Å². The van der Waals surface area contributed by atoms with Gasteiger partial charge in [0.15, 0.2) is 0 Å². The molecule has 0 saturated carbocycles. The van der Waals surface area contributed by atoms with Gasteiger partial charge in [-0.2, -0.15) is 0 Å². The quantitative estimate of drug-likeness (QED) is 0.420. The molecule has 0 aliphatic heterocycles. The van der Waals surface area contributed by atoms with Crippen LogP contribution in [0, 0.1) is 5.41 Å². The van der Waals surface area contributed by atoms with Gasteiger partial charge in [0, 0.05) is 29.5 Å². The standard InChI is InChI=1S/C8H11N3S/c9-8(10)3-6-12-7-1-4-11-5-2-7/h1-2,4-5H,3,6H2,(H3,9,10). The van der Waals surface area contributed by atoms with Crippen molar-refractivity contribution in [3.63, 3.8) is 0 Å². The zero-order valence-electron chi connectivity index (χ0n) is 6.66. The number of thioether (sulfide) groups is 1. The van der Waals surface area contributed by atoms with Crippen molar-refractivity contribution in [2.75, 3.05) is 5.75 Å². The highest BCUT2D eigenvalue weighted by Gasteiger charge is 1.93. The highest BCUT2D eigenvalue weighted by atomic mass is 32.2. The zero-order valence-corrected chi connectivity index (χ0v) is 7.47. The number of nitrogens with two attached hydrogens (primary N) is 1. The van der Waals surface area contributed by atoms with Crippen LogP contribution < -0.4 is 5.73 Å². The molecule has 1 heterocycles. The Bertz CT molecular complexity index is 248. The van der Waals surface area contributed by atoms with Crippen LogP contribution in [0.3, 0.4) is 0 Å². The maximum atomic E-state index is 7.01. The summed E-state index contributed by atoms with van der Waals surface area (Å²) in [4.78, 5) is 5.08. The van der Waals surface area contributed by atoms with E-state index in [-0.39, 0.29) is 5.84 Å². The van der Waals surface area contributed by atoms with Gasteiger partial charge in [-0.1, -0.05) is 0 Å². The molecular weight excluding hydrogens is 170 g/mol. The molecule has 0 unspecified atom stereocenters. The summed E-state index contributed by atoms with van der Waals surface area (Å²) in [6, 6.07) is 3.90. The molecule has 0 aromatic carbocycles. The summed E-state index contributed by atoms with van der Waals surface area (Å²) in [5, 5.41) is 7.01. The Balaban J connectivity index is 2.29. The van der Waals surface area contributed by atoms with Gasteiger partial charge in [0.05, 0.1) is 5.84 Å². The summed E-state index contributed by atoms with van der Waals surface area (Å²) in [5.74, 6) is 1.11. The van der Waals surface area contributed by atoms with Gasteiger partial charge in [0.2, 0.25) is 0 Å². The van der Waals surface area contributed by atoms with Crippen LogP contribution in [-0.4, -0.2) is 16.6 Å². The Hall–Kier alpha value is -1.03. The first kappa shape index (κ1) is 9.06. The number of amidine groups is 1. The van der Waals surface area contributed by atoms with Gasteiger partial charge in [-0.3, -0.25) is 10.4 Å². The van der Waals surface area contributed by atoms with Gasteiger partial charge in [-0.15, -0.1) is 11.8 Å². The molecule has 1 rings (SSSR count). The van der Waals surface area contributed by atoms with Crippen molar-refractivity contribution in [1.29, 1.82) is 5.41 Å². The molecule has 0 bridgehead atoms. The first-order valence-corrected chi connectivity index (χ1v) is 4.63. The van der Waals surface area contributed by atoms with Crippen LogP contribution in [0.2, 0.25) is 0 Å². The lowest BCUT2D eigenvalue weighted by molar-refractivity contribution is 1.21. The van der Waals surface area contributed by atoms with Gasteiger partial charge >= 0.3 is 0 Å². The topological polar surface area (TPSA) is 62.8 Å².